The molecule has 0 aliphatic rings. The summed E-state index contributed by atoms with van der Waals surface area (Å²) in [6.07, 6.45) is 6.31. The monoisotopic (exact) mass is 293 g/mol. The minimum atomic E-state index is -0.740. The fourth-order valence-electron chi connectivity index (χ4n) is 1.22. The zero-order chi connectivity index (χ0) is 14.8. The number of aromatic nitrogens is 1. The van der Waals surface area contributed by atoms with E-state index in [4.69, 9.17) is 9.47 Å². The smallest absolute Gasteiger partial charge is 0.345 e. The molecule has 0 radical (unpaired) electrons. The molecule has 6 heteroatoms. The summed E-state index contributed by atoms with van der Waals surface area (Å²) in [6, 6.07) is 0. The maximum absolute atomic E-state index is 11.8. The van der Waals surface area contributed by atoms with E-state index in [1.807, 2.05) is 5.38 Å². The molecule has 0 aromatic carbocycles. The van der Waals surface area contributed by atoms with Crippen molar-refractivity contribution in [1.82, 2.24) is 4.98 Å². The highest BCUT2D eigenvalue weighted by Gasteiger charge is 2.20. The molecule has 0 bridgehead atoms. The zero-order valence-corrected chi connectivity index (χ0v) is 11.7. The first kappa shape index (κ1) is 15.8. The molecule has 0 aliphatic carbocycles. The van der Waals surface area contributed by atoms with Gasteiger partial charge in [0.2, 0.25) is 0 Å². The molecule has 0 atom stereocenters. The predicted molar refractivity (Wildman–Crippen MR) is 76.2 cm³/mol. The topological polar surface area (TPSA) is 65.5 Å². The van der Waals surface area contributed by atoms with Gasteiger partial charge < -0.3 is 9.47 Å². The Morgan fingerprint density at radius 2 is 1.80 bits per heavy atom. The molecule has 1 rings (SSSR count). The molecular formula is C14H15NO4S. The Morgan fingerprint density at radius 1 is 1.20 bits per heavy atom. The van der Waals surface area contributed by atoms with Crippen LogP contribution < -0.4 is 0 Å². The summed E-state index contributed by atoms with van der Waals surface area (Å²) in [6.45, 7) is 6.94. The minimum Gasteiger partial charge on any atom is -0.458 e. The van der Waals surface area contributed by atoms with E-state index < -0.39 is 11.9 Å². The van der Waals surface area contributed by atoms with Crippen LogP contribution in [0.25, 0.3) is 0 Å². The number of ether oxygens (including phenoxy) is 2. The molecule has 1 aromatic rings. The third-order valence-electron chi connectivity index (χ3n) is 2.07. The SMILES string of the molecule is C=CCOC(=O)C(=CCc1nccs1)C(=O)OCC=C. The average molecular weight is 293 g/mol. The number of allylic oxidation sites excluding steroid dienone is 1. The number of carbonyl (C=O) groups excluding carboxylic acids is 2. The number of esters is 2. The van der Waals surface area contributed by atoms with Gasteiger partial charge in [-0.1, -0.05) is 31.4 Å². The molecule has 0 spiro atoms. The Bertz CT molecular complexity index is 479. The van der Waals surface area contributed by atoms with E-state index in [0.717, 1.165) is 5.01 Å². The van der Waals surface area contributed by atoms with Gasteiger partial charge >= 0.3 is 11.9 Å². The Morgan fingerprint density at radius 3 is 2.25 bits per heavy atom. The second kappa shape index (κ2) is 8.82. The van der Waals surface area contributed by atoms with Gasteiger partial charge in [0.25, 0.3) is 0 Å². The summed E-state index contributed by atoms with van der Waals surface area (Å²) in [5, 5.41) is 2.60. The van der Waals surface area contributed by atoms with Crippen LogP contribution in [0.15, 0.2) is 48.5 Å². The summed E-state index contributed by atoms with van der Waals surface area (Å²) < 4.78 is 9.71. The summed E-state index contributed by atoms with van der Waals surface area (Å²) in [5.74, 6) is -1.48. The van der Waals surface area contributed by atoms with Crippen molar-refractivity contribution in [2.45, 2.75) is 6.42 Å². The van der Waals surface area contributed by atoms with Gasteiger partial charge in [-0.3, -0.25) is 0 Å². The molecule has 5 nitrogen and oxygen atoms in total. The normalized spacial score (nSPS) is 9.40. The van der Waals surface area contributed by atoms with E-state index >= 15 is 0 Å². The molecule has 1 heterocycles. The third kappa shape index (κ3) is 5.19. The summed E-state index contributed by atoms with van der Waals surface area (Å²) in [7, 11) is 0. The largest absolute Gasteiger partial charge is 0.458 e. The lowest BCUT2D eigenvalue weighted by Gasteiger charge is -2.06. The van der Waals surface area contributed by atoms with Crippen LogP contribution in [0.5, 0.6) is 0 Å². The quantitative estimate of drug-likeness (QED) is 0.241. The van der Waals surface area contributed by atoms with Crippen LogP contribution in [0.1, 0.15) is 5.01 Å². The van der Waals surface area contributed by atoms with Crippen molar-refractivity contribution < 1.29 is 19.1 Å². The maximum Gasteiger partial charge on any atom is 0.345 e. The van der Waals surface area contributed by atoms with Gasteiger partial charge in [0.15, 0.2) is 0 Å². The van der Waals surface area contributed by atoms with Crippen molar-refractivity contribution >= 4 is 23.3 Å². The summed E-state index contributed by atoms with van der Waals surface area (Å²) in [5.41, 5.74) is -0.149. The van der Waals surface area contributed by atoms with Gasteiger partial charge in [0.1, 0.15) is 18.8 Å². The van der Waals surface area contributed by atoms with Crippen LogP contribution in [-0.2, 0) is 25.5 Å². The molecule has 0 amide bonds. The lowest BCUT2D eigenvalue weighted by atomic mass is 10.2. The molecule has 1 aromatic heterocycles. The first-order valence-corrected chi connectivity index (χ1v) is 6.71. The van der Waals surface area contributed by atoms with Crippen molar-refractivity contribution in [3.05, 3.63) is 53.5 Å². The van der Waals surface area contributed by atoms with Gasteiger partial charge in [-0.05, 0) is 0 Å². The number of hydrogen-bond donors (Lipinski definition) is 0. The standard InChI is InChI=1S/C14H15NO4S/c1-3-8-18-13(16)11(14(17)19-9-4-2)5-6-12-15-7-10-20-12/h3-5,7,10H,1-2,6,8-9H2. The van der Waals surface area contributed by atoms with Crippen molar-refractivity contribution in [1.29, 1.82) is 0 Å². The van der Waals surface area contributed by atoms with Gasteiger partial charge in [-0.25, -0.2) is 14.6 Å². The molecular weight excluding hydrogens is 278 g/mol. The number of thiazole rings is 1. The molecule has 20 heavy (non-hydrogen) atoms. The van der Waals surface area contributed by atoms with Crippen LogP contribution >= 0.6 is 11.3 Å². The third-order valence-corrected chi connectivity index (χ3v) is 2.87. The summed E-state index contributed by atoms with van der Waals surface area (Å²) in [4.78, 5) is 27.6. The van der Waals surface area contributed by atoms with Gasteiger partial charge in [0, 0.05) is 18.0 Å². The minimum absolute atomic E-state index is 0.0299. The summed E-state index contributed by atoms with van der Waals surface area (Å²) >= 11 is 1.43. The number of carbonyl (C=O) groups is 2. The molecule has 0 saturated carbocycles. The fraction of sp³-hybridized carbons (Fsp3) is 0.214. The Balaban J connectivity index is 2.78. The number of rotatable bonds is 8. The van der Waals surface area contributed by atoms with E-state index in [2.05, 4.69) is 18.1 Å². The van der Waals surface area contributed by atoms with Gasteiger partial charge in [0.05, 0.1) is 5.01 Å². The highest BCUT2D eigenvalue weighted by atomic mass is 32.1. The Kier molecular flexibility index (Phi) is 6.99. The molecule has 0 fully saturated rings. The number of nitrogens with zero attached hydrogens (tertiary/aromatic N) is 1. The number of hydrogen-bond acceptors (Lipinski definition) is 6. The molecule has 0 unspecified atom stereocenters. The van der Waals surface area contributed by atoms with E-state index in [1.54, 1.807) is 6.20 Å². The Hall–Kier alpha value is -2.21. The average Bonchev–Trinajstić information content (AvgIpc) is 2.96. The van der Waals surface area contributed by atoms with Gasteiger partial charge in [-0.15, -0.1) is 11.3 Å². The Labute approximate surface area is 121 Å². The van der Waals surface area contributed by atoms with Crippen LogP contribution in [0, 0.1) is 0 Å². The van der Waals surface area contributed by atoms with E-state index in [1.165, 1.54) is 29.6 Å². The van der Waals surface area contributed by atoms with Crippen molar-refractivity contribution in [3.8, 4) is 0 Å². The molecule has 0 N–H and O–H groups in total. The molecule has 0 aliphatic heterocycles. The predicted octanol–water partition coefficient (Wildman–Crippen LogP) is 2.07. The first-order valence-electron chi connectivity index (χ1n) is 5.83. The van der Waals surface area contributed by atoms with Crippen molar-refractivity contribution in [3.63, 3.8) is 0 Å². The van der Waals surface area contributed by atoms with E-state index in [0.29, 0.717) is 6.42 Å². The van der Waals surface area contributed by atoms with E-state index in [9.17, 15) is 9.59 Å². The second-order valence-corrected chi connectivity index (χ2v) is 4.50. The second-order valence-electron chi connectivity index (χ2n) is 3.52. The lowest BCUT2D eigenvalue weighted by molar-refractivity contribution is -0.145. The molecule has 106 valence electrons. The van der Waals surface area contributed by atoms with Gasteiger partial charge in [-0.2, -0.15) is 0 Å². The first-order chi connectivity index (χ1) is 9.69. The van der Waals surface area contributed by atoms with Crippen molar-refractivity contribution in [2.24, 2.45) is 0 Å². The van der Waals surface area contributed by atoms with E-state index in [-0.39, 0.29) is 18.8 Å². The maximum atomic E-state index is 11.8. The van der Waals surface area contributed by atoms with Crippen LogP contribution in [-0.4, -0.2) is 30.1 Å². The lowest BCUT2D eigenvalue weighted by Crippen LogP contribution is -2.19. The van der Waals surface area contributed by atoms with Crippen molar-refractivity contribution in [2.75, 3.05) is 13.2 Å². The van der Waals surface area contributed by atoms with Crippen LogP contribution in [0.2, 0.25) is 0 Å². The highest BCUT2D eigenvalue weighted by molar-refractivity contribution is 7.09. The molecule has 0 saturated heterocycles. The highest BCUT2D eigenvalue weighted by Crippen LogP contribution is 2.09. The zero-order valence-electron chi connectivity index (χ0n) is 10.9. The van der Waals surface area contributed by atoms with Crippen LogP contribution in [0.3, 0.4) is 0 Å². The fourth-order valence-corrected chi connectivity index (χ4v) is 1.80. The van der Waals surface area contributed by atoms with Crippen LogP contribution in [0.4, 0.5) is 0 Å².